The minimum atomic E-state index is 0.769. The monoisotopic (exact) mass is 286 g/mol. The summed E-state index contributed by atoms with van der Waals surface area (Å²) in [5.41, 5.74) is 5.12. The summed E-state index contributed by atoms with van der Waals surface area (Å²) >= 11 is 6.16. The van der Waals surface area contributed by atoms with Crippen molar-refractivity contribution in [3.8, 4) is 0 Å². The third-order valence-electron chi connectivity index (χ3n) is 3.85. The van der Waals surface area contributed by atoms with Crippen LogP contribution in [0, 0.1) is 0 Å². The van der Waals surface area contributed by atoms with E-state index in [1.54, 1.807) is 0 Å². The summed E-state index contributed by atoms with van der Waals surface area (Å²) in [6, 6.07) is 14.6. The molecule has 0 bridgehead atoms. The molecule has 0 radical (unpaired) electrons. The molecule has 0 aromatic heterocycles. The molecule has 1 heterocycles. The highest BCUT2D eigenvalue weighted by Crippen LogP contribution is 2.27. The van der Waals surface area contributed by atoms with E-state index in [1.807, 2.05) is 24.3 Å². The van der Waals surface area contributed by atoms with Crippen molar-refractivity contribution in [2.45, 2.75) is 19.4 Å². The van der Waals surface area contributed by atoms with Crippen LogP contribution < -0.4 is 10.2 Å². The van der Waals surface area contributed by atoms with Gasteiger partial charge in [0.15, 0.2) is 0 Å². The molecule has 0 saturated heterocycles. The molecule has 0 aliphatic carbocycles. The molecule has 0 spiro atoms. The number of hydrogen-bond acceptors (Lipinski definition) is 2. The summed E-state index contributed by atoms with van der Waals surface area (Å²) in [5.74, 6) is 0. The number of benzene rings is 2. The van der Waals surface area contributed by atoms with Gasteiger partial charge >= 0.3 is 0 Å². The first-order valence-corrected chi connectivity index (χ1v) is 7.43. The Morgan fingerprint density at radius 2 is 2.05 bits per heavy atom. The maximum Gasteiger partial charge on any atom is 0.0637 e. The van der Waals surface area contributed by atoms with Gasteiger partial charge in [0.1, 0.15) is 0 Å². The van der Waals surface area contributed by atoms with Gasteiger partial charge in [0.25, 0.3) is 0 Å². The molecule has 3 rings (SSSR count). The van der Waals surface area contributed by atoms with Crippen LogP contribution in [0.3, 0.4) is 0 Å². The average molecular weight is 287 g/mol. The molecule has 0 amide bonds. The van der Waals surface area contributed by atoms with Gasteiger partial charge in [-0.1, -0.05) is 35.9 Å². The van der Waals surface area contributed by atoms with Gasteiger partial charge in [-0.05, 0) is 42.2 Å². The summed E-state index contributed by atoms with van der Waals surface area (Å²) in [6.07, 6.45) is 2.42. The Hall–Kier alpha value is -1.67. The Balaban J connectivity index is 1.74. The van der Waals surface area contributed by atoms with Gasteiger partial charge in [0.2, 0.25) is 0 Å². The summed E-state index contributed by atoms with van der Waals surface area (Å²) in [5, 5.41) is 4.17. The fourth-order valence-corrected chi connectivity index (χ4v) is 2.95. The number of nitrogens with one attached hydrogen (secondary N) is 1. The number of rotatable bonds is 3. The lowest BCUT2D eigenvalue weighted by Gasteiger charge is -2.27. The topological polar surface area (TPSA) is 15.3 Å². The van der Waals surface area contributed by atoms with Crippen molar-refractivity contribution in [1.29, 1.82) is 0 Å². The van der Waals surface area contributed by atoms with E-state index in [1.165, 1.54) is 29.7 Å². The maximum absolute atomic E-state index is 6.16. The predicted molar refractivity (Wildman–Crippen MR) is 86.8 cm³/mol. The molecule has 104 valence electrons. The van der Waals surface area contributed by atoms with E-state index in [2.05, 4.69) is 35.5 Å². The SMILES string of the molecule is CN1CCCc2cc(CNc3ccccc3Cl)ccc21. The fourth-order valence-electron chi connectivity index (χ4n) is 2.75. The number of halogens is 1. The number of para-hydroxylation sites is 1. The van der Waals surface area contributed by atoms with Gasteiger partial charge in [-0.2, -0.15) is 0 Å². The third kappa shape index (κ3) is 2.75. The minimum Gasteiger partial charge on any atom is -0.380 e. The Morgan fingerprint density at radius 1 is 1.20 bits per heavy atom. The van der Waals surface area contributed by atoms with Crippen molar-refractivity contribution in [2.24, 2.45) is 0 Å². The van der Waals surface area contributed by atoms with Crippen LogP contribution in [0.25, 0.3) is 0 Å². The summed E-state index contributed by atoms with van der Waals surface area (Å²) < 4.78 is 0. The van der Waals surface area contributed by atoms with E-state index in [-0.39, 0.29) is 0 Å². The molecule has 3 heteroatoms. The van der Waals surface area contributed by atoms with Crippen LogP contribution in [0.4, 0.5) is 11.4 Å². The quantitative estimate of drug-likeness (QED) is 0.903. The van der Waals surface area contributed by atoms with E-state index >= 15 is 0 Å². The van der Waals surface area contributed by atoms with Crippen LogP contribution in [0.2, 0.25) is 5.02 Å². The van der Waals surface area contributed by atoms with Crippen molar-refractivity contribution >= 4 is 23.0 Å². The molecule has 0 fully saturated rings. The largest absolute Gasteiger partial charge is 0.380 e. The zero-order chi connectivity index (χ0) is 13.9. The van der Waals surface area contributed by atoms with Gasteiger partial charge in [-0.3, -0.25) is 0 Å². The molecular weight excluding hydrogens is 268 g/mol. The first kappa shape index (κ1) is 13.3. The molecule has 0 unspecified atom stereocenters. The van der Waals surface area contributed by atoms with Gasteiger partial charge in [-0.15, -0.1) is 0 Å². The Labute approximate surface area is 125 Å². The lowest BCUT2D eigenvalue weighted by Crippen LogP contribution is -2.24. The maximum atomic E-state index is 6.16. The van der Waals surface area contributed by atoms with Gasteiger partial charge in [-0.25, -0.2) is 0 Å². The Kier molecular flexibility index (Phi) is 3.83. The molecular formula is C17H19ClN2. The smallest absolute Gasteiger partial charge is 0.0637 e. The van der Waals surface area contributed by atoms with E-state index in [0.29, 0.717) is 0 Å². The molecule has 2 nitrogen and oxygen atoms in total. The molecule has 1 aliphatic heterocycles. The van der Waals surface area contributed by atoms with Crippen LogP contribution in [0.1, 0.15) is 17.5 Å². The number of hydrogen-bond donors (Lipinski definition) is 1. The minimum absolute atomic E-state index is 0.769. The second kappa shape index (κ2) is 5.76. The van der Waals surface area contributed by atoms with Crippen LogP contribution >= 0.6 is 11.6 Å². The molecule has 1 N–H and O–H groups in total. The first-order valence-electron chi connectivity index (χ1n) is 7.05. The van der Waals surface area contributed by atoms with E-state index < -0.39 is 0 Å². The normalized spacial score (nSPS) is 14.0. The molecule has 2 aromatic rings. The summed E-state index contributed by atoms with van der Waals surface area (Å²) in [6.45, 7) is 1.96. The Bertz CT molecular complexity index is 610. The van der Waals surface area contributed by atoms with Crippen molar-refractivity contribution in [3.05, 3.63) is 58.6 Å². The van der Waals surface area contributed by atoms with Crippen LogP contribution in [-0.2, 0) is 13.0 Å². The van der Waals surface area contributed by atoms with Crippen molar-refractivity contribution in [2.75, 3.05) is 23.8 Å². The van der Waals surface area contributed by atoms with Crippen LogP contribution in [-0.4, -0.2) is 13.6 Å². The number of fused-ring (bicyclic) bond motifs is 1. The van der Waals surface area contributed by atoms with Crippen molar-refractivity contribution in [1.82, 2.24) is 0 Å². The lowest BCUT2D eigenvalue weighted by atomic mass is 9.99. The van der Waals surface area contributed by atoms with Crippen molar-refractivity contribution < 1.29 is 0 Å². The second-order valence-corrected chi connectivity index (χ2v) is 5.73. The van der Waals surface area contributed by atoms with E-state index in [4.69, 9.17) is 11.6 Å². The number of aryl methyl sites for hydroxylation is 1. The zero-order valence-corrected chi connectivity index (χ0v) is 12.5. The second-order valence-electron chi connectivity index (χ2n) is 5.32. The molecule has 2 aromatic carbocycles. The number of anilines is 2. The van der Waals surface area contributed by atoms with Gasteiger partial charge < -0.3 is 10.2 Å². The molecule has 20 heavy (non-hydrogen) atoms. The fraction of sp³-hybridized carbons (Fsp3) is 0.294. The zero-order valence-electron chi connectivity index (χ0n) is 11.7. The average Bonchev–Trinajstić information content (AvgIpc) is 2.46. The summed E-state index contributed by atoms with van der Waals surface area (Å²) in [7, 11) is 2.17. The highest BCUT2D eigenvalue weighted by Gasteiger charge is 2.13. The third-order valence-corrected chi connectivity index (χ3v) is 4.18. The molecule has 1 aliphatic rings. The van der Waals surface area contributed by atoms with Crippen molar-refractivity contribution in [3.63, 3.8) is 0 Å². The van der Waals surface area contributed by atoms with Gasteiger partial charge in [0, 0.05) is 25.8 Å². The summed E-state index contributed by atoms with van der Waals surface area (Å²) in [4.78, 5) is 2.34. The number of nitrogens with zero attached hydrogens (tertiary/aromatic N) is 1. The highest BCUT2D eigenvalue weighted by atomic mass is 35.5. The standard InChI is InChI=1S/C17H19ClN2/c1-20-10-4-5-14-11-13(8-9-17(14)20)12-19-16-7-3-2-6-15(16)18/h2-3,6-9,11,19H,4-5,10,12H2,1H3. The van der Waals surface area contributed by atoms with Crippen LogP contribution in [0.5, 0.6) is 0 Å². The van der Waals surface area contributed by atoms with Crippen LogP contribution in [0.15, 0.2) is 42.5 Å². The molecule has 0 saturated carbocycles. The first-order chi connectivity index (χ1) is 9.74. The lowest BCUT2D eigenvalue weighted by molar-refractivity contribution is 0.743. The predicted octanol–water partition coefficient (Wildman–Crippen LogP) is 4.33. The van der Waals surface area contributed by atoms with Gasteiger partial charge in [0.05, 0.1) is 10.7 Å². The molecule has 0 atom stereocenters. The van der Waals surface area contributed by atoms with E-state index in [9.17, 15) is 0 Å². The Morgan fingerprint density at radius 3 is 2.90 bits per heavy atom. The van der Waals surface area contributed by atoms with E-state index in [0.717, 1.165) is 23.8 Å². The highest BCUT2D eigenvalue weighted by molar-refractivity contribution is 6.33.